The fourth-order valence-corrected chi connectivity index (χ4v) is 3.60. The van der Waals surface area contributed by atoms with Gasteiger partial charge in [-0.15, -0.1) is 0 Å². The van der Waals surface area contributed by atoms with Crippen LogP contribution in [0.5, 0.6) is 5.75 Å². The Bertz CT molecular complexity index is 906. The monoisotopic (exact) mass is 443 g/mol. The summed E-state index contributed by atoms with van der Waals surface area (Å²) in [4.78, 5) is 12.7. The van der Waals surface area contributed by atoms with Crippen molar-refractivity contribution in [3.8, 4) is 5.75 Å². The summed E-state index contributed by atoms with van der Waals surface area (Å²) < 4.78 is 44.8. The first-order valence-corrected chi connectivity index (χ1v) is 9.74. The van der Waals surface area contributed by atoms with Crippen LogP contribution in [0.25, 0.3) is 0 Å². The summed E-state index contributed by atoms with van der Waals surface area (Å²) in [6, 6.07) is 9.90. The van der Waals surface area contributed by atoms with Crippen molar-refractivity contribution in [1.29, 1.82) is 0 Å². The molecular weight excluding hydrogens is 423 g/mol. The number of benzene rings is 2. The van der Waals surface area contributed by atoms with Crippen LogP contribution in [-0.2, 0) is 17.5 Å². The highest BCUT2D eigenvalue weighted by atomic mass is 35.5. The summed E-state index contributed by atoms with van der Waals surface area (Å²) >= 11 is 6.08. The zero-order valence-corrected chi connectivity index (χ0v) is 16.7. The molecule has 1 aliphatic rings. The number of alkyl halides is 3. The molecule has 5 nitrogen and oxygen atoms in total. The second kappa shape index (κ2) is 9.24. The van der Waals surface area contributed by atoms with E-state index in [-0.39, 0.29) is 17.7 Å². The molecule has 2 atom stereocenters. The molecule has 162 valence electrons. The van der Waals surface area contributed by atoms with E-state index in [1.165, 1.54) is 6.07 Å². The summed E-state index contributed by atoms with van der Waals surface area (Å²) in [7, 11) is 0. The zero-order chi connectivity index (χ0) is 21.9. The third kappa shape index (κ3) is 5.87. The molecule has 3 rings (SSSR count). The average Bonchev–Trinajstić information content (AvgIpc) is 3.09. The van der Waals surface area contributed by atoms with Gasteiger partial charge in [0.2, 0.25) is 0 Å². The minimum Gasteiger partial charge on any atom is -0.489 e. The van der Waals surface area contributed by atoms with Gasteiger partial charge in [0.25, 0.3) is 0 Å². The molecule has 0 radical (unpaired) electrons. The lowest BCUT2D eigenvalue weighted by molar-refractivity contribution is -0.139. The van der Waals surface area contributed by atoms with Crippen LogP contribution in [-0.4, -0.2) is 40.3 Å². The zero-order valence-electron chi connectivity index (χ0n) is 15.9. The van der Waals surface area contributed by atoms with E-state index in [1.807, 2.05) is 4.90 Å². The van der Waals surface area contributed by atoms with Gasteiger partial charge in [0.1, 0.15) is 11.9 Å². The van der Waals surface area contributed by atoms with E-state index in [0.717, 1.165) is 12.1 Å². The minimum atomic E-state index is -4.42. The minimum absolute atomic E-state index is 0.179. The van der Waals surface area contributed by atoms with E-state index >= 15 is 0 Å². The van der Waals surface area contributed by atoms with E-state index in [0.29, 0.717) is 36.4 Å². The standard InChI is InChI=1S/C21H21ClF3NO4/c22-18-5-4-15(21(23,24)25)8-14(18)11-26-7-6-17(12-26)30-16-3-1-2-13(9-16)19(27)10-20(28)29/h1-5,8-9,17,19,27H,6-7,10-12H2,(H,28,29)/t17?,19-/m1/s1. The molecule has 2 aromatic rings. The van der Waals surface area contributed by atoms with E-state index in [2.05, 4.69) is 0 Å². The average molecular weight is 444 g/mol. The molecule has 1 fully saturated rings. The second-order valence-corrected chi connectivity index (χ2v) is 7.66. The van der Waals surface area contributed by atoms with Gasteiger partial charge in [-0.05, 0) is 47.9 Å². The lowest BCUT2D eigenvalue weighted by Gasteiger charge is -2.19. The topological polar surface area (TPSA) is 70.0 Å². The maximum atomic E-state index is 12.9. The Morgan fingerprint density at radius 2 is 2.03 bits per heavy atom. The largest absolute Gasteiger partial charge is 0.489 e. The molecule has 2 N–H and O–H groups in total. The molecule has 0 amide bonds. The van der Waals surface area contributed by atoms with Crippen molar-refractivity contribution < 1.29 is 32.9 Å². The Morgan fingerprint density at radius 1 is 1.27 bits per heavy atom. The van der Waals surface area contributed by atoms with Gasteiger partial charge in [-0.25, -0.2) is 0 Å². The van der Waals surface area contributed by atoms with Crippen LogP contribution < -0.4 is 4.74 Å². The highest BCUT2D eigenvalue weighted by molar-refractivity contribution is 6.31. The van der Waals surface area contributed by atoms with Gasteiger partial charge in [0, 0.05) is 24.7 Å². The van der Waals surface area contributed by atoms with Crippen LogP contribution in [0.4, 0.5) is 13.2 Å². The van der Waals surface area contributed by atoms with Gasteiger partial charge < -0.3 is 14.9 Å². The summed E-state index contributed by atoms with van der Waals surface area (Å²) in [6.07, 6.45) is -5.46. The first-order chi connectivity index (χ1) is 14.1. The molecule has 0 aromatic heterocycles. The van der Waals surface area contributed by atoms with E-state index in [4.69, 9.17) is 21.4 Å². The first kappa shape index (κ1) is 22.4. The third-order valence-corrected chi connectivity index (χ3v) is 5.28. The fraction of sp³-hybridized carbons (Fsp3) is 0.381. The Kier molecular flexibility index (Phi) is 6.90. The fourth-order valence-electron chi connectivity index (χ4n) is 3.42. The molecule has 1 aliphatic heterocycles. The number of aliphatic hydroxyl groups is 1. The van der Waals surface area contributed by atoms with Gasteiger partial charge in [0.15, 0.2) is 0 Å². The number of aliphatic carboxylic acids is 1. The first-order valence-electron chi connectivity index (χ1n) is 9.36. The molecule has 0 aliphatic carbocycles. The number of aliphatic hydroxyl groups excluding tert-OH is 1. The summed E-state index contributed by atoms with van der Waals surface area (Å²) in [5.41, 5.74) is 0.122. The van der Waals surface area contributed by atoms with Crippen LogP contribution in [0.3, 0.4) is 0 Å². The summed E-state index contributed by atoms with van der Waals surface area (Å²) in [5, 5.41) is 19.0. The van der Waals surface area contributed by atoms with Gasteiger partial charge in [0.05, 0.1) is 18.1 Å². The number of likely N-dealkylation sites (tertiary alicyclic amines) is 1. The Morgan fingerprint density at radius 3 is 2.73 bits per heavy atom. The van der Waals surface area contributed by atoms with Crippen molar-refractivity contribution in [3.05, 3.63) is 64.2 Å². The molecule has 2 aromatic carbocycles. The van der Waals surface area contributed by atoms with Crippen molar-refractivity contribution in [2.24, 2.45) is 0 Å². The van der Waals surface area contributed by atoms with Crippen LogP contribution in [0, 0.1) is 0 Å². The summed E-state index contributed by atoms with van der Waals surface area (Å²) in [6.45, 7) is 1.42. The number of nitrogens with zero attached hydrogens (tertiary/aromatic N) is 1. The molecule has 9 heteroatoms. The highest BCUT2D eigenvalue weighted by Crippen LogP contribution is 2.33. The predicted octanol–water partition coefficient (Wildman–Crippen LogP) is 4.52. The van der Waals surface area contributed by atoms with E-state index < -0.39 is 30.2 Å². The summed E-state index contributed by atoms with van der Waals surface area (Å²) in [5.74, 6) is -0.602. The Balaban J connectivity index is 1.61. The Labute approximate surface area is 176 Å². The molecule has 0 bridgehead atoms. The smallest absolute Gasteiger partial charge is 0.416 e. The predicted molar refractivity (Wildman–Crippen MR) is 104 cm³/mol. The number of carboxylic acids is 1. The quantitative estimate of drug-likeness (QED) is 0.658. The van der Waals surface area contributed by atoms with Crippen LogP contribution in [0.2, 0.25) is 5.02 Å². The molecule has 0 spiro atoms. The number of carbonyl (C=O) groups is 1. The van der Waals surface area contributed by atoms with Gasteiger partial charge in [-0.3, -0.25) is 9.69 Å². The van der Waals surface area contributed by atoms with Crippen molar-refractivity contribution in [1.82, 2.24) is 4.90 Å². The lowest BCUT2D eigenvalue weighted by Crippen LogP contribution is -2.25. The maximum Gasteiger partial charge on any atom is 0.416 e. The number of ether oxygens (including phenoxy) is 1. The molecule has 1 saturated heterocycles. The number of halogens is 4. The number of carboxylic acid groups (broad SMARTS) is 1. The molecule has 0 saturated carbocycles. The van der Waals surface area contributed by atoms with Crippen molar-refractivity contribution in [2.75, 3.05) is 13.1 Å². The molecular formula is C21H21ClF3NO4. The van der Waals surface area contributed by atoms with Crippen LogP contribution >= 0.6 is 11.6 Å². The van der Waals surface area contributed by atoms with Crippen molar-refractivity contribution >= 4 is 17.6 Å². The van der Waals surface area contributed by atoms with E-state index in [9.17, 15) is 23.1 Å². The normalized spacial score (nSPS) is 18.4. The molecule has 30 heavy (non-hydrogen) atoms. The van der Waals surface area contributed by atoms with E-state index in [1.54, 1.807) is 24.3 Å². The van der Waals surface area contributed by atoms with Crippen LogP contribution in [0.1, 0.15) is 35.6 Å². The van der Waals surface area contributed by atoms with Gasteiger partial charge in [-0.1, -0.05) is 23.7 Å². The van der Waals surface area contributed by atoms with Crippen LogP contribution in [0.15, 0.2) is 42.5 Å². The van der Waals surface area contributed by atoms with Gasteiger partial charge >= 0.3 is 12.1 Å². The Hall–Kier alpha value is -2.29. The number of rotatable bonds is 7. The number of hydrogen-bond acceptors (Lipinski definition) is 4. The SMILES string of the molecule is O=C(O)C[C@@H](O)c1cccc(OC2CCN(Cc3cc(C(F)(F)F)ccc3Cl)C2)c1. The van der Waals surface area contributed by atoms with Crippen molar-refractivity contribution in [3.63, 3.8) is 0 Å². The van der Waals surface area contributed by atoms with Gasteiger partial charge in [-0.2, -0.15) is 13.2 Å². The second-order valence-electron chi connectivity index (χ2n) is 7.25. The highest BCUT2D eigenvalue weighted by Gasteiger charge is 2.31. The third-order valence-electron chi connectivity index (χ3n) is 4.91. The lowest BCUT2D eigenvalue weighted by atomic mass is 10.1. The molecule has 1 heterocycles. The maximum absolute atomic E-state index is 12.9. The van der Waals surface area contributed by atoms with Crippen molar-refractivity contribution in [2.45, 2.75) is 37.8 Å². The molecule has 1 unspecified atom stereocenters. The number of hydrogen-bond donors (Lipinski definition) is 2.